The fraction of sp³-hybridized carbons (Fsp3) is 0.167. The molecule has 0 amide bonds. The van der Waals surface area contributed by atoms with Crippen LogP contribution in [0.25, 0.3) is 0 Å². The molecule has 1 aromatic heterocycles. The summed E-state index contributed by atoms with van der Waals surface area (Å²) in [7, 11) is 0. The summed E-state index contributed by atoms with van der Waals surface area (Å²) in [6, 6.07) is 5.69. The number of hydrogen-bond acceptors (Lipinski definition) is 4. The van der Waals surface area contributed by atoms with E-state index in [1.165, 1.54) is 11.3 Å². The van der Waals surface area contributed by atoms with Gasteiger partial charge in [-0.2, -0.15) is 0 Å². The van der Waals surface area contributed by atoms with E-state index in [1.54, 1.807) is 0 Å². The molecule has 4 nitrogen and oxygen atoms in total. The summed E-state index contributed by atoms with van der Waals surface area (Å²) >= 11 is 7.08. The molecule has 0 saturated heterocycles. The van der Waals surface area contributed by atoms with Gasteiger partial charge in [-0.25, -0.2) is 4.39 Å². The molecular formula is C12H10ClFN2O2S. The van der Waals surface area contributed by atoms with E-state index in [-0.39, 0.29) is 22.4 Å². The van der Waals surface area contributed by atoms with Crippen molar-refractivity contribution in [3.05, 3.63) is 55.5 Å². The number of halogens is 2. The molecule has 0 radical (unpaired) electrons. The molecule has 1 heterocycles. The minimum absolute atomic E-state index is 0.118. The van der Waals surface area contributed by atoms with Gasteiger partial charge in [-0.1, -0.05) is 17.7 Å². The van der Waals surface area contributed by atoms with Gasteiger partial charge in [0.1, 0.15) is 11.5 Å². The van der Waals surface area contributed by atoms with Gasteiger partial charge in [-0.3, -0.25) is 10.1 Å². The van der Waals surface area contributed by atoms with Crippen molar-refractivity contribution in [3.8, 4) is 0 Å². The lowest BCUT2D eigenvalue weighted by Crippen LogP contribution is -2.07. The van der Waals surface area contributed by atoms with Crippen molar-refractivity contribution in [3.63, 3.8) is 0 Å². The highest BCUT2D eigenvalue weighted by Crippen LogP contribution is 2.33. The first kappa shape index (κ1) is 13.8. The van der Waals surface area contributed by atoms with E-state index in [0.717, 1.165) is 17.0 Å². The third-order valence-corrected chi connectivity index (χ3v) is 3.92. The Labute approximate surface area is 118 Å². The molecular weight excluding hydrogens is 291 g/mol. The molecule has 0 saturated carbocycles. The summed E-state index contributed by atoms with van der Waals surface area (Å²) < 4.78 is 13.4. The molecule has 1 N–H and O–H groups in total. The lowest BCUT2D eigenvalue weighted by Gasteiger charge is -2.14. The van der Waals surface area contributed by atoms with Gasteiger partial charge in [-0.15, -0.1) is 11.3 Å². The zero-order valence-electron chi connectivity index (χ0n) is 9.89. The van der Waals surface area contributed by atoms with E-state index in [0.29, 0.717) is 0 Å². The molecule has 2 aromatic rings. The van der Waals surface area contributed by atoms with Crippen LogP contribution in [0.4, 0.5) is 15.8 Å². The van der Waals surface area contributed by atoms with Crippen LogP contribution in [0.3, 0.4) is 0 Å². The van der Waals surface area contributed by atoms with Gasteiger partial charge >= 0.3 is 0 Å². The number of nitro benzene ring substituents is 1. The van der Waals surface area contributed by atoms with Crippen LogP contribution in [0.5, 0.6) is 0 Å². The van der Waals surface area contributed by atoms with E-state index in [1.807, 2.05) is 24.4 Å². The Morgan fingerprint density at radius 2 is 2.26 bits per heavy atom. The van der Waals surface area contributed by atoms with Crippen LogP contribution in [-0.2, 0) is 0 Å². The van der Waals surface area contributed by atoms with Crippen molar-refractivity contribution in [1.82, 2.24) is 0 Å². The first-order valence-corrected chi connectivity index (χ1v) is 6.68. The van der Waals surface area contributed by atoms with Crippen LogP contribution >= 0.6 is 22.9 Å². The molecule has 1 aromatic carbocycles. The molecule has 1 atom stereocenters. The monoisotopic (exact) mass is 300 g/mol. The first-order valence-electron chi connectivity index (χ1n) is 5.42. The molecule has 0 aliphatic carbocycles. The molecule has 0 bridgehead atoms. The summed E-state index contributed by atoms with van der Waals surface area (Å²) in [5.74, 6) is -0.687. The number of nitrogens with zero attached hydrogens (tertiary/aromatic N) is 1. The predicted molar refractivity (Wildman–Crippen MR) is 74.4 cm³/mol. The van der Waals surface area contributed by atoms with Crippen LogP contribution in [0, 0.1) is 15.9 Å². The maximum Gasteiger partial charge on any atom is 0.294 e. The molecule has 100 valence electrons. The van der Waals surface area contributed by atoms with Crippen molar-refractivity contribution in [2.24, 2.45) is 0 Å². The Morgan fingerprint density at radius 1 is 1.53 bits per heavy atom. The number of nitro groups is 1. The molecule has 2 rings (SSSR count). The van der Waals surface area contributed by atoms with Crippen molar-refractivity contribution in [2.75, 3.05) is 5.32 Å². The minimum atomic E-state index is -0.687. The maximum absolute atomic E-state index is 13.4. The predicted octanol–water partition coefficient (Wildman–Crippen LogP) is 4.62. The van der Waals surface area contributed by atoms with Gasteiger partial charge in [0, 0.05) is 17.0 Å². The fourth-order valence-corrected chi connectivity index (χ4v) is 2.54. The molecule has 0 fully saturated rings. The summed E-state index contributed by atoms with van der Waals surface area (Å²) in [6.45, 7) is 1.85. The topological polar surface area (TPSA) is 55.2 Å². The van der Waals surface area contributed by atoms with Crippen LogP contribution in [0.1, 0.15) is 17.8 Å². The van der Waals surface area contributed by atoms with Crippen molar-refractivity contribution in [2.45, 2.75) is 13.0 Å². The zero-order valence-corrected chi connectivity index (χ0v) is 11.5. The summed E-state index contributed by atoms with van der Waals surface area (Å²) in [4.78, 5) is 11.4. The molecule has 0 aliphatic heterocycles. The van der Waals surface area contributed by atoms with Crippen LogP contribution in [0.2, 0.25) is 5.02 Å². The van der Waals surface area contributed by atoms with Crippen molar-refractivity contribution < 1.29 is 9.31 Å². The first-order chi connectivity index (χ1) is 8.99. The van der Waals surface area contributed by atoms with Gasteiger partial charge in [0.05, 0.1) is 16.0 Å². The highest BCUT2D eigenvalue weighted by Gasteiger charge is 2.19. The largest absolute Gasteiger partial charge is 0.372 e. The summed E-state index contributed by atoms with van der Waals surface area (Å²) in [5.41, 5.74) is -0.123. The van der Waals surface area contributed by atoms with Gasteiger partial charge in [0.25, 0.3) is 5.69 Å². The molecule has 1 unspecified atom stereocenters. The van der Waals surface area contributed by atoms with Gasteiger partial charge in [0.2, 0.25) is 0 Å². The summed E-state index contributed by atoms with van der Waals surface area (Å²) in [5, 5.41) is 15.5. The SMILES string of the molecule is CC(Nc1cc(F)c(Cl)cc1[N+](=O)[O-])c1cccs1. The Kier molecular flexibility index (Phi) is 4.01. The van der Waals surface area contributed by atoms with Gasteiger partial charge in [-0.05, 0) is 18.4 Å². The smallest absolute Gasteiger partial charge is 0.294 e. The Bertz CT molecular complexity index is 604. The minimum Gasteiger partial charge on any atom is -0.372 e. The van der Waals surface area contributed by atoms with Gasteiger partial charge < -0.3 is 5.32 Å². The maximum atomic E-state index is 13.4. The molecule has 7 heteroatoms. The number of anilines is 1. The third kappa shape index (κ3) is 3.02. The number of nitrogens with one attached hydrogen (secondary N) is 1. The zero-order chi connectivity index (χ0) is 14.0. The number of thiophene rings is 1. The molecule has 0 spiro atoms. The van der Waals surface area contributed by atoms with Crippen LogP contribution < -0.4 is 5.32 Å². The lowest BCUT2D eigenvalue weighted by molar-refractivity contribution is -0.384. The fourth-order valence-electron chi connectivity index (χ4n) is 1.65. The van der Waals surface area contributed by atoms with Gasteiger partial charge in [0.15, 0.2) is 0 Å². The second-order valence-corrected chi connectivity index (χ2v) is 5.31. The molecule has 0 aliphatic rings. The highest BCUT2D eigenvalue weighted by atomic mass is 35.5. The van der Waals surface area contributed by atoms with Crippen LogP contribution in [0.15, 0.2) is 29.6 Å². The highest BCUT2D eigenvalue weighted by molar-refractivity contribution is 7.10. The third-order valence-electron chi connectivity index (χ3n) is 2.58. The van der Waals surface area contributed by atoms with Crippen molar-refractivity contribution in [1.29, 1.82) is 0 Å². The number of rotatable bonds is 4. The van der Waals surface area contributed by atoms with E-state index >= 15 is 0 Å². The number of hydrogen-bond donors (Lipinski definition) is 1. The van der Waals surface area contributed by atoms with E-state index in [2.05, 4.69) is 5.32 Å². The lowest BCUT2D eigenvalue weighted by atomic mass is 10.2. The Hall–Kier alpha value is -1.66. The average molecular weight is 301 g/mol. The van der Waals surface area contributed by atoms with E-state index in [9.17, 15) is 14.5 Å². The average Bonchev–Trinajstić information content (AvgIpc) is 2.86. The van der Waals surface area contributed by atoms with Crippen molar-refractivity contribution >= 4 is 34.3 Å². The normalized spacial score (nSPS) is 12.2. The van der Waals surface area contributed by atoms with E-state index in [4.69, 9.17) is 11.6 Å². The standard InChI is InChI=1S/C12H10ClFN2O2S/c1-7(12-3-2-4-19-12)15-10-6-9(14)8(13)5-11(10)16(17)18/h2-7,15H,1H3. The molecule has 19 heavy (non-hydrogen) atoms. The second-order valence-electron chi connectivity index (χ2n) is 3.92. The summed E-state index contributed by atoms with van der Waals surface area (Å²) in [6.07, 6.45) is 0. The Balaban J connectivity index is 2.33. The van der Waals surface area contributed by atoms with Crippen LogP contribution in [-0.4, -0.2) is 4.92 Å². The second kappa shape index (κ2) is 5.54. The quantitative estimate of drug-likeness (QED) is 0.662. The van der Waals surface area contributed by atoms with E-state index < -0.39 is 10.7 Å². The number of benzene rings is 1. The Morgan fingerprint density at radius 3 is 2.84 bits per heavy atom.